The lowest BCUT2D eigenvalue weighted by atomic mass is 9.87. The van der Waals surface area contributed by atoms with Crippen molar-refractivity contribution in [3.05, 3.63) is 64.7 Å². The van der Waals surface area contributed by atoms with Crippen LogP contribution in [0.15, 0.2) is 42.5 Å². The molecule has 0 fully saturated rings. The molecule has 0 N–H and O–H groups in total. The topological polar surface area (TPSA) is 49.9 Å². The van der Waals surface area contributed by atoms with Gasteiger partial charge >= 0.3 is 0 Å². The minimum Gasteiger partial charge on any atom is -0.494 e. The van der Waals surface area contributed by atoms with Gasteiger partial charge in [0.05, 0.1) is 17.7 Å². The third kappa shape index (κ3) is 3.42. The smallest absolute Gasteiger partial charge is 0.261 e. The van der Waals surface area contributed by atoms with E-state index in [-0.39, 0.29) is 11.8 Å². The third-order valence-electron chi connectivity index (χ3n) is 5.69. The van der Waals surface area contributed by atoms with Crippen LogP contribution in [0.3, 0.4) is 0 Å². The molecular weight excluding hydrogens is 352 g/mol. The second-order valence-corrected chi connectivity index (χ2v) is 7.74. The molecule has 4 rings (SSSR count). The highest BCUT2D eigenvalue weighted by Crippen LogP contribution is 2.34. The van der Waals surface area contributed by atoms with Gasteiger partial charge in [0.2, 0.25) is 0 Å². The molecule has 2 aliphatic rings. The molecule has 0 saturated carbocycles. The summed E-state index contributed by atoms with van der Waals surface area (Å²) < 4.78 is 5.91. The van der Waals surface area contributed by atoms with Crippen LogP contribution in [-0.4, -0.2) is 48.9 Å². The first-order chi connectivity index (χ1) is 13.6. The SMILES string of the molecule is CN(C)C1CCCc2cc(OCCCN3C(=O)c4ccccc4C3=O)ccc21. The molecule has 146 valence electrons. The van der Waals surface area contributed by atoms with Gasteiger partial charge in [0.15, 0.2) is 0 Å². The quantitative estimate of drug-likeness (QED) is 0.568. The van der Waals surface area contributed by atoms with Crippen molar-refractivity contribution in [2.45, 2.75) is 31.7 Å². The zero-order valence-corrected chi connectivity index (χ0v) is 16.5. The largest absolute Gasteiger partial charge is 0.494 e. The molecular formula is C23H26N2O3. The lowest BCUT2D eigenvalue weighted by Gasteiger charge is -2.31. The number of rotatable bonds is 6. The number of amides is 2. The molecule has 2 aromatic carbocycles. The molecule has 1 heterocycles. The van der Waals surface area contributed by atoms with Crippen molar-refractivity contribution in [2.24, 2.45) is 0 Å². The van der Waals surface area contributed by atoms with Crippen molar-refractivity contribution in [2.75, 3.05) is 27.2 Å². The summed E-state index contributed by atoms with van der Waals surface area (Å²) in [4.78, 5) is 28.4. The van der Waals surface area contributed by atoms with Gasteiger partial charge in [-0.1, -0.05) is 18.2 Å². The molecule has 0 bridgehead atoms. The Kier molecular flexibility index (Phi) is 5.18. The minimum absolute atomic E-state index is 0.205. The van der Waals surface area contributed by atoms with Crippen LogP contribution >= 0.6 is 0 Å². The standard InChI is InChI=1S/C23H26N2O3/c1-24(2)21-10-5-7-16-15-17(11-12-18(16)21)28-14-6-13-25-22(26)19-8-3-4-9-20(19)23(25)27/h3-4,8-9,11-12,15,21H,5-7,10,13-14H2,1-2H3. The van der Waals surface area contributed by atoms with Gasteiger partial charge in [-0.05, 0) is 75.2 Å². The van der Waals surface area contributed by atoms with Crippen molar-refractivity contribution in [1.82, 2.24) is 9.80 Å². The number of imide groups is 1. The number of hydrogen-bond donors (Lipinski definition) is 0. The number of carbonyl (C=O) groups is 2. The van der Waals surface area contributed by atoms with E-state index in [9.17, 15) is 9.59 Å². The normalized spacial score (nSPS) is 18.4. The van der Waals surface area contributed by atoms with E-state index < -0.39 is 0 Å². The first-order valence-corrected chi connectivity index (χ1v) is 9.93. The van der Waals surface area contributed by atoms with Crippen molar-refractivity contribution >= 4 is 11.8 Å². The summed E-state index contributed by atoms with van der Waals surface area (Å²) in [5.74, 6) is 0.453. The highest BCUT2D eigenvalue weighted by Gasteiger charge is 2.34. The van der Waals surface area contributed by atoms with Crippen LogP contribution in [0.25, 0.3) is 0 Å². The highest BCUT2D eigenvalue weighted by molar-refractivity contribution is 6.21. The van der Waals surface area contributed by atoms with Crippen LogP contribution in [0.1, 0.15) is 57.1 Å². The number of benzene rings is 2. The maximum Gasteiger partial charge on any atom is 0.261 e. The van der Waals surface area contributed by atoms with Crippen molar-refractivity contribution < 1.29 is 14.3 Å². The summed E-state index contributed by atoms with van der Waals surface area (Å²) in [5, 5.41) is 0. The molecule has 0 aromatic heterocycles. The van der Waals surface area contributed by atoms with Gasteiger partial charge in [-0.15, -0.1) is 0 Å². The second kappa shape index (κ2) is 7.76. The van der Waals surface area contributed by atoms with Gasteiger partial charge in [-0.25, -0.2) is 0 Å². The summed E-state index contributed by atoms with van der Waals surface area (Å²) in [5.41, 5.74) is 3.76. The van der Waals surface area contributed by atoms with E-state index in [0.717, 1.165) is 12.2 Å². The monoisotopic (exact) mass is 378 g/mol. The Morgan fingerprint density at radius 1 is 1.07 bits per heavy atom. The maximum atomic E-state index is 12.4. The molecule has 1 aliphatic carbocycles. The number of ether oxygens (including phenoxy) is 1. The lowest BCUT2D eigenvalue weighted by molar-refractivity contribution is 0.0647. The fraction of sp³-hybridized carbons (Fsp3) is 0.391. The van der Waals surface area contributed by atoms with E-state index in [1.165, 1.54) is 28.9 Å². The Balaban J connectivity index is 1.33. The van der Waals surface area contributed by atoms with Crippen LogP contribution in [0.5, 0.6) is 5.75 Å². The number of fused-ring (bicyclic) bond motifs is 2. The Labute approximate surface area is 165 Å². The molecule has 1 unspecified atom stereocenters. The van der Waals surface area contributed by atoms with Gasteiger partial charge < -0.3 is 9.64 Å². The molecule has 2 amide bonds. The van der Waals surface area contributed by atoms with Gasteiger partial charge in [0.25, 0.3) is 11.8 Å². The predicted octanol–water partition coefficient (Wildman–Crippen LogP) is 3.69. The molecule has 28 heavy (non-hydrogen) atoms. The molecule has 0 saturated heterocycles. The van der Waals surface area contributed by atoms with Crippen molar-refractivity contribution in [1.29, 1.82) is 0 Å². The van der Waals surface area contributed by atoms with Crippen LogP contribution in [0.4, 0.5) is 0 Å². The zero-order valence-electron chi connectivity index (χ0n) is 16.5. The Bertz CT molecular complexity index is 871. The maximum absolute atomic E-state index is 12.4. The molecule has 5 heteroatoms. The van der Waals surface area contributed by atoms with Gasteiger partial charge in [-0.3, -0.25) is 14.5 Å². The fourth-order valence-electron chi connectivity index (χ4n) is 4.25. The van der Waals surface area contributed by atoms with E-state index >= 15 is 0 Å². The molecule has 0 radical (unpaired) electrons. The Morgan fingerprint density at radius 3 is 2.46 bits per heavy atom. The summed E-state index contributed by atoms with van der Waals surface area (Å²) in [6.45, 7) is 0.850. The summed E-state index contributed by atoms with van der Waals surface area (Å²) >= 11 is 0. The molecule has 0 spiro atoms. The number of aryl methyl sites for hydroxylation is 1. The number of hydrogen-bond acceptors (Lipinski definition) is 4. The molecule has 1 aliphatic heterocycles. The minimum atomic E-state index is -0.205. The summed E-state index contributed by atoms with van der Waals surface area (Å²) in [6.07, 6.45) is 4.09. The fourth-order valence-corrected chi connectivity index (χ4v) is 4.25. The first kappa shape index (κ1) is 18.7. The average molecular weight is 378 g/mol. The lowest BCUT2D eigenvalue weighted by Crippen LogP contribution is -2.31. The Hall–Kier alpha value is -2.66. The van der Waals surface area contributed by atoms with E-state index in [2.05, 4.69) is 31.1 Å². The van der Waals surface area contributed by atoms with E-state index in [0.29, 0.717) is 36.7 Å². The van der Waals surface area contributed by atoms with Crippen molar-refractivity contribution in [3.63, 3.8) is 0 Å². The third-order valence-corrected chi connectivity index (χ3v) is 5.69. The van der Waals surface area contributed by atoms with E-state index in [1.54, 1.807) is 24.3 Å². The molecule has 5 nitrogen and oxygen atoms in total. The Morgan fingerprint density at radius 2 is 1.79 bits per heavy atom. The summed E-state index contributed by atoms with van der Waals surface area (Å²) in [7, 11) is 4.26. The number of carbonyl (C=O) groups excluding carboxylic acids is 2. The van der Waals surface area contributed by atoms with Crippen molar-refractivity contribution in [3.8, 4) is 5.75 Å². The molecule has 1 atom stereocenters. The highest BCUT2D eigenvalue weighted by atomic mass is 16.5. The van der Waals surface area contributed by atoms with E-state index in [1.807, 2.05) is 6.07 Å². The van der Waals surface area contributed by atoms with Crippen LogP contribution in [0, 0.1) is 0 Å². The predicted molar refractivity (Wildman–Crippen MR) is 108 cm³/mol. The van der Waals surface area contributed by atoms with E-state index in [4.69, 9.17) is 4.74 Å². The zero-order chi connectivity index (χ0) is 19.7. The average Bonchev–Trinajstić information content (AvgIpc) is 2.95. The second-order valence-electron chi connectivity index (χ2n) is 7.74. The first-order valence-electron chi connectivity index (χ1n) is 9.93. The van der Waals surface area contributed by atoms with Gasteiger partial charge in [0, 0.05) is 12.6 Å². The van der Waals surface area contributed by atoms with Crippen LogP contribution in [-0.2, 0) is 6.42 Å². The van der Waals surface area contributed by atoms with Crippen LogP contribution in [0.2, 0.25) is 0 Å². The molecule has 2 aromatic rings. The van der Waals surface area contributed by atoms with Gasteiger partial charge in [0.1, 0.15) is 5.75 Å². The van der Waals surface area contributed by atoms with Gasteiger partial charge in [-0.2, -0.15) is 0 Å². The number of nitrogens with zero attached hydrogens (tertiary/aromatic N) is 2. The van der Waals surface area contributed by atoms with Crippen LogP contribution < -0.4 is 4.74 Å². The summed E-state index contributed by atoms with van der Waals surface area (Å²) in [6, 6.07) is 13.8.